The van der Waals surface area contributed by atoms with Crippen molar-refractivity contribution in [3.05, 3.63) is 69.8 Å². The SMILES string of the molecule is CCN(CC)c1ccc(C=Cc2ccc([N+](=O)[O-])cc2)cc1. The number of nitro groups is 1. The van der Waals surface area contributed by atoms with Gasteiger partial charge in [-0.3, -0.25) is 10.1 Å². The lowest BCUT2D eigenvalue weighted by Gasteiger charge is -2.20. The van der Waals surface area contributed by atoms with E-state index in [-0.39, 0.29) is 10.6 Å². The Labute approximate surface area is 130 Å². The number of non-ortho nitro benzene ring substituents is 1. The highest BCUT2D eigenvalue weighted by atomic mass is 16.6. The summed E-state index contributed by atoms with van der Waals surface area (Å²) in [5.41, 5.74) is 3.38. The summed E-state index contributed by atoms with van der Waals surface area (Å²) in [5, 5.41) is 10.6. The molecule has 0 saturated carbocycles. The van der Waals surface area contributed by atoms with E-state index in [1.54, 1.807) is 12.1 Å². The van der Waals surface area contributed by atoms with Crippen LogP contribution in [-0.4, -0.2) is 18.0 Å². The summed E-state index contributed by atoms with van der Waals surface area (Å²) in [4.78, 5) is 12.5. The van der Waals surface area contributed by atoms with Crippen LogP contribution < -0.4 is 4.90 Å². The largest absolute Gasteiger partial charge is 0.372 e. The van der Waals surface area contributed by atoms with E-state index in [9.17, 15) is 10.1 Å². The van der Waals surface area contributed by atoms with Crippen molar-refractivity contribution in [2.75, 3.05) is 18.0 Å². The van der Waals surface area contributed by atoms with Crippen LogP contribution in [0.15, 0.2) is 48.5 Å². The zero-order valence-corrected chi connectivity index (χ0v) is 12.9. The van der Waals surface area contributed by atoms with E-state index in [1.165, 1.54) is 17.8 Å². The highest BCUT2D eigenvalue weighted by molar-refractivity contribution is 5.71. The Balaban J connectivity index is 2.08. The third-order valence-corrected chi connectivity index (χ3v) is 3.59. The molecule has 114 valence electrons. The molecule has 0 N–H and O–H groups in total. The van der Waals surface area contributed by atoms with Crippen molar-refractivity contribution in [1.29, 1.82) is 0 Å². The Morgan fingerprint density at radius 3 is 1.77 bits per heavy atom. The van der Waals surface area contributed by atoms with Crippen molar-refractivity contribution in [3.63, 3.8) is 0 Å². The number of anilines is 1. The smallest absolute Gasteiger partial charge is 0.269 e. The lowest BCUT2D eigenvalue weighted by molar-refractivity contribution is -0.384. The van der Waals surface area contributed by atoms with Gasteiger partial charge in [0.1, 0.15) is 0 Å². The average molecular weight is 296 g/mol. The monoisotopic (exact) mass is 296 g/mol. The highest BCUT2D eigenvalue weighted by Gasteiger charge is 2.02. The molecule has 0 amide bonds. The van der Waals surface area contributed by atoms with Gasteiger partial charge in [-0.05, 0) is 49.2 Å². The van der Waals surface area contributed by atoms with Gasteiger partial charge in [0.15, 0.2) is 0 Å². The fraction of sp³-hybridized carbons (Fsp3) is 0.222. The quantitative estimate of drug-likeness (QED) is 0.444. The van der Waals surface area contributed by atoms with Crippen LogP contribution in [0.5, 0.6) is 0 Å². The summed E-state index contributed by atoms with van der Waals surface area (Å²) >= 11 is 0. The first-order chi connectivity index (χ1) is 10.6. The molecule has 22 heavy (non-hydrogen) atoms. The average Bonchev–Trinajstić information content (AvgIpc) is 2.55. The number of hydrogen-bond acceptors (Lipinski definition) is 3. The van der Waals surface area contributed by atoms with E-state index < -0.39 is 0 Å². The molecular weight excluding hydrogens is 276 g/mol. The lowest BCUT2D eigenvalue weighted by Crippen LogP contribution is -2.21. The van der Waals surface area contributed by atoms with Gasteiger partial charge >= 0.3 is 0 Å². The zero-order chi connectivity index (χ0) is 15.9. The van der Waals surface area contributed by atoms with E-state index in [2.05, 4.69) is 43.0 Å². The van der Waals surface area contributed by atoms with Gasteiger partial charge in [0, 0.05) is 30.9 Å². The second-order valence-corrected chi connectivity index (χ2v) is 4.95. The predicted octanol–water partition coefficient (Wildman–Crippen LogP) is 4.61. The minimum Gasteiger partial charge on any atom is -0.372 e. The fourth-order valence-corrected chi connectivity index (χ4v) is 2.28. The van der Waals surface area contributed by atoms with Crippen molar-refractivity contribution < 1.29 is 4.92 Å². The minimum atomic E-state index is -0.389. The summed E-state index contributed by atoms with van der Waals surface area (Å²) in [6.45, 7) is 6.28. The first-order valence-electron chi connectivity index (χ1n) is 7.41. The summed E-state index contributed by atoms with van der Waals surface area (Å²) < 4.78 is 0. The van der Waals surface area contributed by atoms with Crippen LogP contribution in [0.2, 0.25) is 0 Å². The Kier molecular flexibility index (Phi) is 5.31. The third kappa shape index (κ3) is 3.95. The molecule has 0 heterocycles. The Morgan fingerprint density at radius 1 is 0.909 bits per heavy atom. The summed E-state index contributed by atoms with van der Waals surface area (Å²) in [6.07, 6.45) is 3.96. The molecule has 2 aromatic rings. The van der Waals surface area contributed by atoms with E-state index >= 15 is 0 Å². The second-order valence-electron chi connectivity index (χ2n) is 4.95. The highest BCUT2D eigenvalue weighted by Crippen LogP contribution is 2.17. The van der Waals surface area contributed by atoms with Crippen LogP contribution >= 0.6 is 0 Å². The van der Waals surface area contributed by atoms with Crippen molar-refractivity contribution >= 4 is 23.5 Å². The van der Waals surface area contributed by atoms with Crippen LogP contribution in [0, 0.1) is 10.1 Å². The summed E-state index contributed by atoms with van der Waals surface area (Å²) in [6, 6.07) is 14.9. The first kappa shape index (κ1) is 15.8. The van der Waals surface area contributed by atoms with Crippen LogP contribution in [0.4, 0.5) is 11.4 Å². The molecule has 0 bridgehead atoms. The van der Waals surface area contributed by atoms with Gasteiger partial charge in [-0.2, -0.15) is 0 Å². The molecule has 0 saturated heterocycles. The molecule has 0 atom stereocenters. The first-order valence-corrected chi connectivity index (χ1v) is 7.41. The molecule has 2 rings (SSSR count). The molecule has 0 spiro atoms. The fourth-order valence-electron chi connectivity index (χ4n) is 2.28. The number of nitro benzene ring substituents is 1. The second kappa shape index (κ2) is 7.41. The minimum absolute atomic E-state index is 0.112. The molecular formula is C18H20N2O2. The topological polar surface area (TPSA) is 46.4 Å². The van der Waals surface area contributed by atoms with Crippen molar-refractivity contribution in [3.8, 4) is 0 Å². The number of benzene rings is 2. The van der Waals surface area contributed by atoms with E-state index in [1.807, 2.05) is 12.2 Å². The van der Waals surface area contributed by atoms with Crippen LogP contribution in [0.1, 0.15) is 25.0 Å². The Hall–Kier alpha value is -2.62. The molecule has 0 unspecified atom stereocenters. The van der Waals surface area contributed by atoms with Crippen molar-refractivity contribution in [2.24, 2.45) is 0 Å². The van der Waals surface area contributed by atoms with Crippen LogP contribution in [0.3, 0.4) is 0 Å². The standard InChI is InChI=1S/C18H20N2O2/c1-3-19(4-2)17-11-7-15(8-12-17)5-6-16-9-13-18(14-10-16)20(21)22/h5-14H,3-4H2,1-2H3. The Bertz CT molecular complexity index is 642. The van der Waals surface area contributed by atoms with Crippen LogP contribution in [0.25, 0.3) is 12.2 Å². The molecule has 0 aliphatic heterocycles. The van der Waals surface area contributed by atoms with Gasteiger partial charge in [0.05, 0.1) is 4.92 Å². The molecule has 0 radical (unpaired) electrons. The van der Waals surface area contributed by atoms with Gasteiger partial charge in [0.2, 0.25) is 0 Å². The molecule has 4 heteroatoms. The molecule has 0 aromatic heterocycles. The molecule has 0 aliphatic carbocycles. The van der Waals surface area contributed by atoms with Gasteiger partial charge < -0.3 is 4.90 Å². The predicted molar refractivity (Wildman–Crippen MR) is 92.0 cm³/mol. The maximum Gasteiger partial charge on any atom is 0.269 e. The normalized spacial score (nSPS) is 10.8. The summed E-state index contributed by atoms with van der Waals surface area (Å²) in [7, 11) is 0. The van der Waals surface area contributed by atoms with Crippen LogP contribution in [-0.2, 0) is 0 Å². The number of hydrogen-bond donors (Lipinski definition) is 0. The molecule has 4 nitrogen and oxygen atoms in total. The number of rotatable bonds is 6. The lowest BCUT2D eigenvalue weighted by atomic mass is 10.1. The molecule has 0 aliphatic rings. The Morgan fingerprint density at radius 2 is 1.36 bits per heavy atom. The molecule has 0 fully saturated rings. The van der Waals surface area contributed by atoms with Crippen molar-refractivity contribution in [1.82, 2.24) is 0 Å². The van der Waals surface area contributed by atoms with E-state index in [0.717, 1.165) is 24.2 Å². The zero-order valence-electron chi connectivity index (χ0n) is 12.9. The maximum atomic E-state index is 10.6. The van der Waals surface area contributed by atoms with E-state index in [4.69, 9.17) is 0 Å². The maximum absolute atomic E-state index is 10.6. The third-order valence-electron chi connectivity index (χ3n) is 3.59. The van der Waals surface area contributed by atoms with Gasteiger partial charge in [0.25, 0.3) is 5.69 Å². The van der Waals surface area contributed by atoms with Gasteiger partial charge in [-0.1, -0.05) is 24.3 Å². The van der Waals surface area contributed by atoms with Gasteiger partial charge in [-0.15, -0.1) is 0 Å². The van der Waals surface area contributed by atoms with Gasteiger partial charge in [-0.25, -0.2) is 0 Å². The van der Waals surface area contributed by atoms with E-state index in [0.29, 0.717) is 0 Å². The molecule has 2 aromatic carbocycles. The number of nitrogens with zero attached hydrogens (tertiary/aromatic N) is 2. The summed E-state index contributed by atoms with van der Waals surface area (Å²) in [5.74, 6) is 0. The van der Waals surface area contributed by atoms with Crippen molar-refractivity contribution in [2.45, 2.75) is 13.8 Å².